The van der Waals surface area contributed by atoms with Crippen molar-refractivity contribution in [3.8, 4) is 11.5 Å². The van der Waals surface area contributed by atoms with Gasteiger partial charge in [0.2, 0.25) is 0 Å². The van der Waals surface area contributed by atoms with E-state index in [-0.39, 0.29) is 17.8 Å². The number of hydrogen-bond acceptors (Lipinski definition) is 5. The molecule has 1 amide bonds. The van der Waals surface area contributed by atoms with Gasteiger partial charge in [-0.3, -0.25) is 4.79 Å². The predicted molar refractivity (Wildman–Crippen MR) is 122 cm³/mol. The van der Waals surface area contributed by atoms with Crippen molar-refractivity contribution in [2.24, 2.45) is 4.99 Å². The number of amides is 1. The van der Waals surface area contributed by atoms with E-state index in [1.54, 1.807) is 12.1 Å². The van der Waals surface area contributed by atoms with Crippen LogP contribution in [0.2, 0.25) is 0 Å². The molecule has 0 bridgehead atoms. The molecule has 0 saturated carbocycles. The number of anilines is 1. The zero-order valence-corrected chi connectivity index (χ0v) is 17.8. The third-order valence-electron chi connectivity index (χ3n) is 4.79. The summed E-state index contributed by atoms with van der Waals surface area (Å²) in [6.45, 7) is 4.30. The largest absolute Gasteiger partial charge is 0.486 e. The van der Waals surface area contributed by atoms with E-state index in [9.17, 15) is 4.79 Å². The molecule has 0 saturated heterocycles. The highest BCUT2D eigenvalue weighted by atomic mass is 16.6. The lowest BCUT2D eigenvalue weighted by Gasteiger charge is -2.27. The van der Waals surface area contributed by atoms with Gasteiger partial charge < -0.3 is 29.8 Å². The molecule has 1 aliphatic heterocycles. The quantitative estimate of drug-likeness (QED) is 0.389. The summed E-state index contributed by atoms with van der Waals surface area (Å²) in [5.41, 5.74) is 1.71. The van der Waals surface area contributed by atoms with Crippen molar-refractivity contribution < 1.29 is 18.7 Å². The maximum Gasteiger partial charge on any atom is 0.291 e. The normalized spacial score (nSPS) is 15.2. The van der Waals surface area contributed by atoms with Gasteiger partial charge in [0.15, 0.2) is 23.2 Å². The van der Waals surface area contributed by atoms with Crippen molar-refractivity contribution in [3.05, 3.63) is 78.3 Å². The van der Waals surface area contributed by atoms with Gasteiger partial charge in [0.25, 0.3) is 5.91 Å². The fraction of sp³-hybridized carbons (Fsp3) is 0.250. The van der Waals surface area contributed by atoms with E-state index in [0.717, 1.165) is 23.6 Å². The van der Waals surface area contributed by atoms with Crippen molar-refractivity contribution in [1.82, 2.24) is 10.6 Å². The van der Waals surface area contributed by atoms with Gasteiger partial charge in [-0.1, -0.05) is 24.3 Å². The summed E-state index contributed by atoms with van der Waals surface area (Å²) in [7, 11) is 0. The number of ether oxygens (including phenoxy) is 2. The van der Waals surface area contributed by atoms with Crippen molar-refractivity contribution in [1.29, 1.82) is 0 Å². The number of rotatable bonds is 7. The first-order valence-corrected chi connectivity index (χ1v) is 10.6. The van der Waals surface area contributed by atoms with E-state index in [2.05, 4.69) is 20.9 Å². The fourth-order valence-corrected chi connectivity index (χ4v) is 3.18. The van der Waals surface area contributed by atoms with Crippen LogP contribution in [0.25, 0.3) is 0 Å². The topological polar surface area (TPSA) is 97.1 Å². The lowest BCUT2D eigenvalue weighted by atomic mass is 10.2. The van der Waals surface area contributed by atoms with Crippen LogP contribution in [0.3, 0.4) is 0 Å². The lowest BCUT2D eigenvalue weighted by molar-refractivity contribution is 0.0936. The highest BCUT2D eigenvalue weighted by Crippen LogP contribution is 2.30. The average Bonchev–Trinajstić information content (AvgIpc) is 3.37. The summed E-state index contributed by atoms with van der Waals surface area (Å²) < 4.78 is 16.8. The molecule has 1 atom stereocenters. The smallest absolute Gasteiger partial charge is 0.291 e. The second-order valence-electron chi connectivity index (χ2n) is 7.20. The SMILES string of the molecule is CCNC(=NCc1ccc(NC(=O)c2ccco2)cc1)NCC1COc2ccccc2O1. The lowest BCUT2D eigenvalue weighted by Crippen LogP contribution is -2.45. The van der Waals surface area contributed by atoms with Gasteiger partial charge in [-0.15, -0.1) is 0 Å². The number of aliphatic imine (C=N–C) groups is 1. The minimum atomic E-state index is -0.282. The van der Waals surface area contributed by atoms with E-state index in [1.165, 1.54) is 6.26 Å². The van der Waals surface area contributed by atoms with E-state index in [4.69, 9.17) is 13.9 Å². The van der Waals surface area contributed by atoms with E-state index in [1.807, 2.05) is 55.5 Å². The van der Waals surface area contributed by atoms with Crippen LogP contribution in [0.5, 0.6) is 11.5 Å². The molecule has 0 fully saturated rings. The van der Waals surface area contributed by atoms with E-state index in [0.29, 0.717) is 31.3 Å². The number of nitrogens with one attached hydrogen (secondary N) is 3. The summed E-state index contributed by atoms with van der Waals surface area (Å²) in [6, 6.07) is 18.5. The summed E-state index contributed by atoms with van der Waals surface area (Å²) >= 11 is 0. The number of nitrogens with zero attached hydrogens (tertiary/aromatic N) is 1. The molecular formula is C24H26N4O4. The van der Waals surface area contributed by atoms with Gasteiger partial charge in [-0.2, -0.15) is 0 Å². The Hall–Kier alpha value is -3.94. The number of furan rings is 1. The van der Waals surface area contributed by atoms with Crippen LogP contribution < -0.4 is 25.4 Å². The van der Waals surface area contributed by atoms with Crippen LogP contribution in [0.1, 0.15) is 23.0 Å². The molecular weight excluding hydrogens is 408 g/mol. The van der Waals surface area contributed by atoms with Gasteiger partial charge in [-0.05, 0) is 48.9 Å². The van der Waals surface area contributed by atoms with Crippen LogP contribution in [0.15, 0.2) is 76.3 Å². The molecule has 2 heterocycles. The zero-order valence-electron chi connectivity index (χ0n) is 17.8. The van der Waals surface area contributed by atoms with Crippen LogP contribution >= 0.6 is 0 Å². The fourth-order valence-electron chi connectivity index (χ4n) is 3.18. The molecule has 4 rings (SSSR count). The second-order valence-corrected chi connectivity index (χ2v) is 7.20. The number of carbonyl (C=O) groups excluding carboxylic acids is 1. The summed E-state index contributed by atoms with van der Waals surface area (Å²) in [4.78, 5) is 16.7. The summed E-state index contributed by atoms with van der Waals surface area (Å²) in [5, 5.41) is 9.35. The van der Waals surface area contributed by atoms with Gasteiger partial charge in [-0.25, -0.2) is 4.99 Å². The molecule has 3 aromatic rings. The molecule has 1 unspecified atom stereocenters. The zero-order chi connectivity index (χ0) is 22.2. The molecule has 0 aliphatic carbocycles. The Morgan fingerprint density at radius 1 is 1.03 bits per heavy atom. The minimum absolute atomic E-state index is 0.106. The molecule has 8 nitrogen and oxygen atoms in total. The Morgan fingerprint density at radius 3 is 2.59 bits per heavy atom. The Balaban J connectivity index is 1.29. The third kappa shape index (κ3) is 5.60. The van der Waals surface area contributed by atoms with Gasteiger partial charge in [0.1, 0.15) is 12.7 Å². The maximum atomic E-state index is 12.1. The molecule has 8 heteroatoms. The molecule has 3 N–H and O–H groups in total. The van der Waals surface area contributed by atoms with Gasteiger partial charge in [0.05, 0.1) is 19.4 Å². The Labute approximate surface area is 186 Å². The molecule has 32 heavy (non-hydrogen) atoms. The van der Waals surface area contributed by atoms with Crippen molar-refractivity contribution in [3.63, 3.8) is 0 Å². The van der Waals surface area contributed by atoms with Crippen LogP contribution in [-0.2, 0) is 6.54 Å². The number of carbonyl (C=O) groups is 1. The summed E-state index contributed by atoms with van der Waals surface area (Å²) in [5.74, 6) is 2.22. The maximum absolute atomic E-state index is 12.1. The first kappa shape index (κ1) is 21.3. The van der Waals surface area contributed by atoms with Crippen molar-refractivity contribution >= 4 is 17.6 Å². The Kier molecular flexibility index (Phi) is 6.91. The number of benzene rings is 2. The van der Waals surface area contributed by atoms with Crippen molar-refractivity contribution in [2.45, 2.75) is 19.6 Å². The Morgan fingerprint density at radius 2 is 1.84 bits per heavy atom. The molecule has 0 spiro atoms. The average molecular weight is 434 g/mol. The first-order valence-electron chi connectivity index (χ1n) is 10.6. The molecule has 0 radical (unpaired) electrons. The highest BCUT2D eigenvalue weighted by Gasteiger charge is 2.20. The minimum Gasteiger partial charge on any atom is -0.486 e. The number of guanidine groups is 1. The number of para-hydroxylation sites is 2. The third-order valence-corrected chi connectivity index (χ3v) is 4.79. The predicted octanol–water partition coefficient (Wildman–Crippen LogP) is 3.43. The Bertz CT molecular complexity index is 1050. The van der Waals surface area contributed by atoms with Crippen molar-refractivity contribution in [2.75, 3.05) is 25.0 Å². The number of hydrogen-bond donors (Lipinski definition) is 3. The molecule has 166 valence electrons. The van der Waals surface area contributed by atoms with Gasteiger partial charge >= 0.3 is 0 Å². The van der Waals surface area contributed by atoms with Crippen LogP contribution in [0.4, 0.5) is 5.69 Å². The molecule has 1 aromatic heterocycles. The molecule has 2 aromatic carbocycles. The second kappa shape index (κ2) is 10.4. The van der Waals surface area contributed by atoms with E-state index < -0.39 is 0 Å². The summed E-state index contributed by atoms with van der Waals surface area (Å²) in [6.07, 6.45) is 1.36. The van der Waals surface area contributed by atoms with Crippen LogP contribution in [-0.4, -0.2) is 37.7 Å². The molecule has 1 aliphatic rings. The van der Waals surface area contributed by atoms with Crippen LogP contribution in [0, 0.1) is 0 Å². The van der Waals surface area contributed by atoms with Gasteiger partial charge in [0, 0.05) is 12.2 Å². The van der Waals surface area contributed by atoms with E-state index >= 15 is 0 Å². The number of fused-ring (bicyclic) bond motifs is 1. The monoisotopic (exact) mass is 434 g/mol. The highest BCUT2D eigenvalue weighted by molar-refractivity contribution is 6.02. The first-order chi connectivity index (χ1) is 15.7. The standard InChI is InChI=1S/C24H26N4O4/c1-2-25-24(27-15-19-16-31-20-6-3-4-7-21(20)32-19)26-14-17-9-11-18(12-10-17)28-23(29)22-8-5-13-30-22/h3-13,19H,2,14-16H2,1H3,(H,28,29)(H2,25,26,27).